The molecule has 0 spiro atoms. The number of rotatable bonds is 21. The number of nitrogens with zero attached hydrogens (tertiary/aromatic N) is 1. The van der Waals surface area contributed by atoms with Gasteiger partial charge in [-0.05, 0) is 74.7 Å². The lowest BCUT2D eigenvalue weighted by molar-refractivity contribution is -0.147. The van der Waals surface area contributed by atoms with Crippen LogP contribution < -0.4 is 27.0 Å². The van der Waals surface area contributed by atoms with E-state index in [0.29, 0.717) is 24.0 Å². The number of nitrogens with two attached hydrogens (primary N) is 1. The van der Waals surface area contributed by atoms with E-state index >= 15 is 0 Å². The van der Waals surface area contributed by atoms with E-state index in [0.717, 1.165) is 20.7 Å². The highest BCUT2D eigenvalue weighted by atomic mass is 32.1. The van der Waals surface area contributed by atoms with Gasteiger partial charge >= 0.3 is 12.1 Å². The molecule has 0 radical (unpaired) electrons. The SMILES string of the molecule is CN(C(=O)[C@H](CCCCNC(=O)/C=C/c1cccs1)NC(=O)[C@H](Cc1c[nH]c2ccccc12)NC(=O)OC(C)(C)C)[C@@H](CC(=O)O)C(=O)N[C@@H](Cc1ccccc1)C(N)=O. The van der Waals surface area contributed by atoms with Gasteiger partial charge in [-0.2, -0.15) is 0 Å². The molecule has 0 aliphatic carbocycles. The number of likely N-dealkylation sites (N-methyl/N-ethyl adjacent to an activating group) is 1. The standard InChI is InChI=1S/C43H53N7O9S/c1-43(2,3)59-42(58)49-34(24-28-26-46-31-17-9-8-16-30(28)31)39(55)47-32(18-10-11-21-45-36(51)20-19-29-15-12-22-60-29)41(57)50(4)35(25-37(52)53)40(56)48-33(38(44)54)23-27-13-6-5-7-14-27/h5-9,12-17,19-20,22,26,32-35,46H,10-11,18,21,23-25H2,1-4H3,(H2,44,54)(H,45,51)(H,47,55)(H,48,56)(H,49,58)(H,52,53)/b20-19+/t32-,33-,34-,35-/m0/s1. The second-order valence-electron chi connectivity index (χ2n) is 15.2. The molecule has 0 saturated heterocycles. The van der Waals surface area contributed by atoms with Crippen LogP contribution in [0, 0.1) is 0 Å². The number of amides is 6. The molecule has 0 fully saturated rings. The lowest BCUT2D eigenvalue weighted by atomic mass is 10.0. The minimum absolute atomic E-state index is 0.00138. The summed E-state index contributed by atoms with van der Waals surface area (Å²) in [5.41, 5.74) is 6.91. The summed E-state index contributed by atoms with van der Waals surface area (Å²) in [7, 11) is 1.23. The molecule has 4 atom stereocenters. The highest BCUT2D eigenvalue weighted by Crippen LogP contribution is 2.20. The third-order valence-corrected chi connectivity index (χ3v) is 10.1. The highest BCUT2D eigenvalue weighted by Gasteiger charge is 2.36. The molecule has 16 nitrogen and oxygen atoms in total. The first kappa shape index (κ1) is 46.2. The van der Waals surface area contributed by atoms with Gasteiger partial charge in [-0.3, -0.25) is 28.8 Å². The van der Waals surface area contributed by atoms with Crippen molar-refractivity contribution in [2.45, 2.75) is 89.1 Å². The zero-order chi connectivity index (χ0) is 43.8. The number of alkyl carbamates (subject to hydrolysis) is 1. The Labute approximate surface area is 352 Å². The van der Waals surface area contributed by atoms with Crippen LogP contribution in [0.2, 0.25) is 0 Å². The molecule has 0 bridgehead atoms. The quantitative estimate of drug-likeness (QED) is 0.0478. The van der Waals surface area contributed by atoms with Crippen LogP contribution in [0.1, 0.15) is 62.5 Å². The Morgan fingerprint density at radius 2 is 1.57 bits per heavy atom. The second kappa shape index (κ2) is 22.0. The summed E-state index contributed by atoms with van der Waals surface area (Å²) >= 11 is 1.48. The molecule has 2 heterocycles. The number of carboxylic acid groups (broad SMARTS) is 1. The first-order valence-corrected chi connectivity index (χ1v) is 20.3. The number of unbranched alkanes of at least 4 members (excludes halogenated alkanes) is 1. The van der Waals surface area contributed by atoms with E-state index in [1.165, 1.54) is 24.5 Å². The van der Waals surface area contributed by atoms with Crippen molar-refractivity contribution in [3.63, 3.8) is 0 Å². The van der Waals surface area contributed by atoms with Crippen LogP contribution in [0.5, 0.6) is 0 Å². The van der Waals surface area contributed by atoms with E-state index < -0.39 is 71.9 Å². The molecular weight excluding hydrogens is 791 g/mol. The molecule has 0 saturated carbocycles. The van der Waals surface area contributed by atoms with Gasteiger partial charge in [-0.25, -0.2) is 4.79 Å². The lowest BCUT2D eigenvalue weighted by Crippen LogP contribution is -2.59. The van der Waals surface area contributed by atoms with E-state index in [4.69, 9.17) is 10.5 Å². The maximum absolute atomic E-state index is 14.4. The van der Waals surface area contributed by atoms with Crippen molar-refractivity contribution >= 4 is 69.9 Å². The maximum atomic E-state index is 14.4. The number of para-hydroxylation sites is 1. The van der Waals surface area contributed by atoms with Crippen molar-refractivity contribution in [3.05, 3.63) is 100 Å². The predicted octanol–water partition coefficient (Wildman–Crippen LogP) is 3.66. The number of nitrogens with one attached hydrogen (secondary N) is 5. The van der Waals surface area contributed by atoms with Gasteiger partial charge in [0.2, 0.25) is 29.5 Å². The number of H-pyrrole nitrogens is 1. The summed E-state index contributed by atoms with van der Waals surface area (Å²) in [6.07, 6.45) is 3.81. The number of benzene rings is 2. The Morgan fingerprint density at radius 1 is 0.867 bits per heavy atom. The second-order valence-corrected chi connectivity index (χ2v) is 16.2. The van der Waals surface area contributed by atoms with Crippen LogP contribution in [-0.2, 0) is 46.3 Å². The Morgan fingerprint density at radius 3 is 2.23 bits per heavy atom. The number of aliphatic carboxylic acids is 1. The van der Waals surface area contributed by atoms with Gasteiger partial charge < -0.3 is 46.7 Å². The van der Waals surface area contributed by atoms with Crippen molar-refractivity contribution < 1.29 is 43.4 Å². The highest BCUT2D eigenvalue weighted by molar-refractivity contribution is 7.10. The third kappa shape index (κ3) is 14.7. The number of primary amides is 1. The number of thiophene rings is 1. The minimum atomic E-state index is -1.62. The average Bonchev–Trinajstić information content (AvgIpc) is 3.87. The number of aromatic nitrogens is 1. The Kier molecular flexibility index (Phi) is 17.0. The van der Waals surface area contributed by atoms with Gasteiger partial charge in [-0.1, -0.05) is 54.6 Å². The first-order valence-electron chi connectivity index (χ1n) is 19.5. The van der Waals surface area contributed by atoms with Crippen LogP contribution in [0.25, 0.3) is 17.0 Å². The molecule has 8 N–H and O–H groups in total. The number of aromatic amines is 1. The normalized spacial score (nSPS) is 13.4. The number of carbonyl (C=O) groups excluding carboxylic acids is 6. The Balaban J connectivity index is 1.57. The number of ether oxygens (including phenoxy) is 1. The van der Waals surface area contributed by atoms with Crippen molar-refractivity contribution in [1.29, 1.82) is 0 Å². The fourth-order valence-corrected chi connectivity index (χ4v) is 6.93. The predicted molar refractivity (Wildman–Crippen MR) is 227 cm³/mol. The zero-order valence-corrected chi connectivity index (χ0v) is 34.9. The van der Waals surface area contributed by atoms with E-state index in [-0.39, 0.29) is 31.7 Å². The molecule has 60 heavy (non-hydrogen) atoms. The first-order chi connectivity index (χ1) is 28.5. The van der Waals surface area contributed by atoms with Gasteiger partial charge in [0.25, 0.3) is 0 Å². The molecular formula is C43H53N7O9S. The molecule has 320 valence electrons. The smallest absolute Gasteiger partial charge is 0.408 e. The molecule has 0 aliphatic heterocycles. The molecule has 2 aromatic heterocycles. The molecule has 0 aliphatic rings. The largest absolute Gasteiger partial charge is 0.481 e. The summed E-state index contributed by atoms with van der Waals surface area (Å²) in [6, 6.07) is 14.4. The third-order valence-electron chi connectivity index (χ3n) is 9.31. The number of hydrogen-bond acceptors (Lipinski definition) is 9. The van der Waals surface area contributed by atoms with E-state index in [9.17, 15) is 38.7 Å². The monoisotopic (exact) mass is 843 g/mol. The maximum Gasteiger partial charge on any atom is 0.408 e. The number of carbonyl (C=O) groups is 7. The Bertz CT molecular complexity index is 2130. The number of carboxylic acids is 1. The van der Waals surface area contributed by atoms with Gasteiger partial charge in [0.05, 0.1) is 6.42 Å². The lowest BCUT2D eigenvalue weighted by Gasteiger charge is -2.32. The molecule has 2 aromatic carbocycles. The summed E-state index contributed by atoms with van der Waals surface area (Å²) in [4.78, 5) is 97.2. The summed E-state index contributed by atoms with van der Waals surface area (Å²) < 4.78 is 5.46. The molecule has 6 amide bonds. The van der Waals surface area contributed by atoms with Crippen LogP contribution in [0.3, 0.4) is 0 Å². The summed E-state index contributed by atoms with van der Waals surface area (Å²) in [6.45, 7) is 5.25. The molecule has 4 aromatic rings. The molecule has 4 rings (SSSR count). The van der Waals surface area contributed by atoms with Crippen molar-refractivity contribution in [2.24, 2.45) is 5.73 Å². The molecule has 0 unspecified atom stereocenters. The number of fused-ring (bicyclic) bond motifs is 1. The van der Waals surface area contributed by atoms with E-state index in [2.05, 4.69) is 26.3 Å². The van der Waals surface area contributed by atoms with Gasteiger partial charge in [0, 0.05) is 54.5 Å². The average molecular weight is 844 g/mol. The van der Waals surface area contributed by atoms with Gasteiger partial charge in [0.15, 0.2) is 0 Å². The fourth-order valence-electron chi connectivity index (χ4n) is 6.31. The van der Waals surface area contributed by atoms with E-state index in [1.54, 1.807) is 63.4 Å². The van der Waals surface area contributed by atoms with Crippen LogP contribution in [-0.4, -0.2) is 99.9 Å². The summed E-state index contributed by atoms with van der Waals surface area (Å²) in [5.74, 6) is -5.09. The summed E-state index contributed by atoms with van der Waals surface area (Å²) in [5, 5.41) is 23.2. The number of hydrogen-bond donors (Lipinski definition) is 7. The van der Waals surface area contributed by atoms with Crippen molar-refractivity contribution in [2.75, 3.05) is 13.6 Å². The zero-order valence-electron chi connectivity index (χ0n) is 34.1. The van der Waals surface area contributed by atoms with Crippen molar-refractivity contribution in [1.82, 2.24) is 31.2 Å². The minimum Gasteiger partial charge on any atom is -0.481 e. The van der Waals surface area contributed by atoms with Gasteiger partial charge in [0.1, 0.15) is 29.8 Å². The van der Waals surface area contributed by atoms with E-state index in [1.807, 2.05) is 41.8 Å². The molecule has 17 heteroatoms. The van der Waals surface area contributed by atoms with Crippen LogP contribution in [0.15, 0.2) is 84.4 Å². The Hall–Kier alpha value is -6.49. The van der Waals surface area contributed by atoms with Crippen LogP contribution in [0.4, 0.5) is 4.79 Å². The topological polar surface area (TPSA) is 242 Å². The van der Waals surface area contributed by atoms with Crippen LogP contribution >= 0.6 is 11.3 Å². The van der Waals surface area contributed by atoms with Crippen molar-refractivity contribution in [3.8, 4) is 0 Å². The van der Waals surface area contributed by atoms with Gasteiger partial charge in [-0.15, -0.1) is 11.3 Å². The fraction of sp³-hybridized carbons (Fsp3) is 0.372.